The topological polar surface area (TPSA) is 52.1 Å². The molecule has 2 atom stereocenters. The van der Waals surface area contributed by atoms with E-state index in [1.54, 1.807) is 0 Å². The van der Waals surface area contributed by atoms with Gasteiger partial charge in [0, 0.05) is 51.9 Å². The van der Waals surface area contributed by atoms with Crippen LogP contribution in [0.15, 0.2) is 4.99 Å². The first kappa shape index (κ1) is 19.5. The van der Waals surface area contributed by atoms with Crippen molar-refractivity contribution < 1.29 is 4.74 Å². The molecule has 0 aromatic rings. The largest absolute Gasteiger partial charge is 0.373 e. The Morgan fingerprint density at radius 1 is 1.21 bits per heavy atom. The van der Waals surface area contributed by atoms with Crippen molar-refractivity contribution >= 4 is 5.96 Å². The lowest BCUT2D eigenvalue weighted by Crippen LogP contribution is -2.53. The Kier molecular flexibility index (Phi) is 7.78. The first-order valence-corrected chi connectivity index (χ1v) is 9.69. The molecule has 2 heterocycles. The normalized spacial score (nSPS) is 28.1. The number of nitrogens with zero attached hydrogens (tertiary/aromatic N) is 3. The van der Waals surface area contributed by atoms with Crippen LogP contribution < -0.4 is 10.6 Å². The molecule has 0 aliphatic carbocycles. The molecule has 0 radical (unpaired) electrons. The van der Waals surface area contributed by atoms with Crippen LogP contribution >= 0.6 is 0 Å². The molecule has 2 unspecified atom stereocenters. The van der Waals surface area contributed by atoms with Gasteiger partial charge in [-0.25, -0.2) is 0 Å². The third kappa shape index (κ3) is 5.90. The Balaban J connectivity index is 1.77. The summed E-state index contributed by atoms with van der Waals surface area (Å²) < 4.78 is 5.83. The van der Waals surface area contributed by atoms with Crippen LogP contribution in [-0.2, 0) is 4.74 Å². The molecule has 0 aromatic heterocycles. The van der Waals surface area contributed by atoms with E-state index in [4.69, 9.17) is 9.73 Å². The Morgan fingerprint density at radius 2 is 1.96 bits per heavy atom. The molecule has 140 valence electrons. The number of likely N-dealkylation sites (N-methyl/N-ethyl adjacent to an activating group) is 1. The molecule has 0 saturated carbocycles. The van der Waals surface area contributed by atoms with Crippen molar-refractivity contribution in [3.63, 3.8) is 0 Å². The number of ether oxygens (including phenoxy) is 1. The van der Waals surface area contributed by atoms with Crippen molar-refractivity contribution in [1.82, 2.24) is 20.4 Å². The number of piperazine rings is 1. The van der Waals surface area contributed by atoms with E-state index in [2.05, 4.69) is 48.1 Å². The fourth-order valence-corrected chi connectivity index (χ4v) is 3.44. The van der Waals surface area contributed by atoms with E-state index >= 15 is 0 Å². The SMILES string of the molecule is CCNC(=NCC1(C)CCCO1)NCC(C)N1CCN(CC)CC1. The lowest BCUT2D eigenvalue weighted by Gasteiger charge is -2.37. The van der Waals surface area contributed by atoms with Gasteiger partial charge < -0.3 is 20.3 Å². The standard InChI is InChI=1S/C18H37N5O/c1-5-19-17(21-15-18(4)8-7-13-24-18)20-14-16(3)23-11-9-22(6-2)10-12-23/h16H,5-15H2,1-4H3,(H2,19,20,21). The van der Waals surface area contributed by atoms with Crippen LogP contribution in [0.1, 0.15) is 40.5 Å². The van der Waals surface area contributed by atoms with Crippen LogP contribution in [0, 0.1) is 0 Å². The van der Waals surface area contributed by atoms with E-state index in [9.17, 15) is 0 Å². The van der Waals surface area contributed by atoms with Crippen LogP contribution in [-0.4, -0.2) is 86.4 Å². The van der Waals surface area contributed by atoms with E-state index in [0.717, 1.165) is 58.1 Å². The molecule has 6 nitrogen and oxygen atoms in total. The summed E-state index contributed by atoms with van der Waals surface area (Å²) in [6, 6.07) is 0.520. The molecule has 0 bridgehead atoms. The highest BCUT2D eigenvalue weighted by molar-refractivity contribution is 5.79. The zero-order valence-electron chi connectivity index (χ0n) is 16.1. The maximum atomic E-state index is 5.83. The van der Waals surface area contributed by atoms with Gasteiger partial charge in [-0.3, -0.25) is 9.89 Å². The van der Waals surface area contributed by atoms with E-state index in [-0.39, 0.29) is 5.60 Å². The average molecular weight is 340 g/mol. The molecular formula is C18H37N5O. The van der Waals surface area contributed by atoms with Crippen LogP contribution in [0.25, 0.3) is 0 Å². The van der Waals surface area contributed by atoms with E-state index in [1.807, 2.05) is 0 Å². The van der Waals surface area contributed by atoms with Gasteiger partial charge in [-0.15, -0.1) is 0 Å². The van der Waals surface area contributed by atoms with Crippen molar-refractivity contribution in [3.05, 3.63) is 0 Å². The molecule has 0 spiro atoms. The number of hydrogen-bond acceptors (Lipinski definition) is 4. The summed E-state index contributed by atoms with van der Waals surface area (Å²) in [7, 11) is 0. The quantitative estimate of drug-likeness (QED) is 0.538. The summed E-state index contributed by atoms with van der Waals surface area (Å²) in [5.74, 6) is 0.910. The summed E-state index contributed by atoms with van der Waals surface area (Å²) in [4.78, 5) is 9.84. The average Bonchev–Trinajstić information content (AvgIpc) is 3.04. The lowest BCUT2D eigenvalue weighted by atomic mass is 10.0. The lowest BCUT2D eigenvalue weighted by molar-refractivity contribution is 0.0283. The zero-order chi connectivity index (χ0) is 17.4. The smallest absolute Gasteiger partial charge is 0.191 e. The number of guanidine groups is 1. The fourth-order valence-electron chi connectivity index (χ4n) is 3.44. The molecule has 2 aliphatic heterocycles. The maximum Gasteiger partial charge on any atom is 0.191 e. The van der Waals surface area contributed by atoms with Gasteiger partial charge in [0.15, 0.2) is 5.96 Å². The van der Waals surface area contributed by atoms with Gasteiger partial charge in [-0.05, 0) is 40.2 Å². The summed E-state index contributed by atoms with van der Waals surface area (Å²) >= 11 is 0. The summed E-state index contributed by atoms with van der Waals surface area (Å²) in [5.41, 5.74) is -0.0789. The number of rotatable bonds is 7. The van der Waals surface area contributed by atoms with Crippen LogP contribution in [0.3, 0.4) is 0 Å². The molecule has 2 N–H and O–H groups in total. The third-order valence-electron chi connectivity index (χ3n) is 5.26. The Bertz CT molecular complexity index is 387. The van der Waals surface area contributed by atoms with Gasteiger partial charge in [0.1, 0.15) is 0 Å². The van der Waals surface area contributed by atoms with Gasteiger partial charge >= 0.3 is 0 Å². The summed E-state index contributed by atoms with van der Waals surface area (Å²) in [5, 5.41) is 6.87. The first-order chi connectivity index (χ1) is 11.6. The molecular weight excluding hydrogens is 302 g/mol. The highest BCUT2D eigenvalue weighted by Crippen LogP contribution is 2.24. The highest BCUT2D eigenvalue weighted by atomic mass is 16.5. The van der Waals surface area contributed by atoms with Gasteiger partial charge in [0.25, 0.3) is 0 Å². The van der Waals surface area contributed by atoms with Crippen molar-refractivity contribution in [3.8, 4) is 0 Å². The third-order valence-corrected chi connectivity index (χ3v) is 5.26. The molecule has 6 heteroatoms. The maximum absolute atomic E-state index is 5.83. The van der Waals surface area contributed by atoms with Gasteiger partial charge in [0.05, 0.1) is 12.1 Å². The van der Waals surface area contributed by atoms with Crippen LogP contribution in [0.4, 0.5) is 0 Å². The summed E-state index contributed by atoms with van der Waals surface area (Å²) in [6.07, 6.45) is 2.25. The Hall–Kier alpha value is -0.850. The molecule has 0 amide bonds. The number of nitrogens with one attached hydrogen (secondary N) is 2. The van der Waals surface area contributed by atoms with Gasteiger partial charge in [0.2, 0.25) is 0 Å². The predicted molar refractivity (Wildman–Crippen MR) is 101 cm³/mol. The van der Waals surface area contributed by atoms with Crippen molar-refractivity contribution in [2.75, 3.05) is 59.0 Å². The minimum atomic E-state index is -0.0789. The van der Waals surface area contributed by atoms with Crippen molar-refractivity contribution in [2.45, 2.75) is 52.2 Å². The van der Waals surface area contributed by atoms with Crippen molar-refractivity contribution in [1.29, 1.82) is 0 Å². The number of aliphatic imine (C=N–C) groups is 1. The van der Waals surface area contributed by atoms with Crippen molar-refractivity contribution in [2.24, 2.45) is 4.99 Å². The Labute approximate surface area is 148 Å². The second-order valence-electron chi connectivity index (χ2n) is 7.30. The molecule has 2 fully saturated rings. The zero-order valence-corrected chi connectivity index (χ0v) is 16.1. The second kappa shape index (κ2) is 9.59. The molecule has 2 aliphatic rings. The van der Waals surface area contributed by atoms with E-state index in [1.165, 1.54) is 19.6 Å². The molecule has 2 rings (SSSR count). The second-order valence-corrected chi connectivity index (χ2v) is 7.30. The Morgan fingerprint density at radius 3 is 2.54 bits per heavy atom. The van der Waals surface area contributed by atoms with E-state index < -0.39 is 0 Å². The predicted octanol–water partition coefficient (Wildman–Crippen LogP) is 1.14. The number of hydrogen-bond donors (Lipinski definition) is 2. The van der Waals surface area contributed by atoms with Crippen LogP contribution in [0.5, 0.6) is 0 Å². The van der Waals surface area contributed by atoms with Gasteiger partial charge in [-0.2, -0.15) is 0 Å². The summed E-state index contributed by atoms with van der Waals surface area (Å²) in [6.45, 7) is 18.1. The monoisotopic (exact) mass is 339 g/mol. The fraction of sp³-hybridized carbons (Fsp3) is 0.944. The van der Waals surface area contributed by atoms with Crippen LogP contribution in [0.2, 0.25) is 0 Å². The van der Waals surface area contributed by atoms with Gasteiger partial charge in [-0.1, -0.05) is 6.92 Å². The molecule has 2 saturated heterocycles. The minimum absolute atomic E-state index is 0.0789. The van der Waals surface area contributed by atoms with E-state index in [0.29, 0.717) is 6.04 Å². The highest BCUT2D eigenvalue weighted by Gasteiger charge is 2.29. The first-order valence-electron chi connectivity index (χ1n) is 9.69. The minimum Gasteiger partial charge on any atom is -0.373 e. The molecule has 24 heavy (non-hydrogen) atoms. The molecule has 0 aromatic carbocycles.